The van der Waals surface area contributed by atoms with Crippen LogP contribution < -0.4 is 0 Å². The van der Waals surface area contributed by atoms with E-state index in [2.05, 4.69) is 106 Å². The maximum Gasteiger partial charge on any atom is 0.187 e. The van der Waals surface area contributed by atoms with Gasteiger partial charge in [0.15, 0.2) is 5.69 Å². The predicted molar refractivity (Wildman–Crippen MR) is 188 cm³/mol. The van der Waals surface area contributed by atoms with E-state index in [0.29, 0.717) is 5.69 Å². The second-order valence-electron chi connectivity index (χ2n) is 11.0. The highest BCUT2D eigenvalue weighted by atomic mass is 32.1. The number of hydrogen-bond donors (Lipinski definition) is 0. The zero-order valence-electron chi connectivity index (χ0n) is 24.2. The van der Waals surface area contributed by atoms with Crippen LogP contribution in [0.2, 0.25) is 0 Å². The monoisotopic (exact) mass is 591 g/mol. The van der Waals surface area contributed by atoms with Crippen LogP contribution in [0.5, 0.6) is 0 Å². The van der Waals surface area contributed by atoms with Crippen molar-refractivity contribution in [2.75, 3.05) is 0 Å². The second-order valence-corrected chi connectivity index (χ2v) is 12.0. The van der Waals surface area contributed by atoms with Crippen molar-refractivity contribution in [3.8, 4) is 55.6 Å². The van der Waals surface area contributed by atoms with Gasteiger partial charge in [-0.2, -0.15) is 0 Å². The fourth-order valence-electron chi connectivity index (χ4n) is 6.03. The quantitative estimate of drug-likeness (QED) is 0.186. The van der Waals surface area contributed by atoms with E-state index in [1.54, 1.807) is 0 Å². The van der Waals surface area contributed by atoms with Gasteiger partial charge in [-0.3, -0.25) is 9.97 Å². The van der Waals surface area contributed by atoms with Gasteiger partial charge in [0.1, 0.15) is 0 Å². The molecule has 0 radical (unpaired) electrons. The molecule has 0 bridgehead atoms. The molecule has 0 saturated carbocycles. The fourth-order valence-corrected chi connectivity index (χ4v) is 7.40. The number of rotatable bonds is 5. The number of aromatic nitrogens is 2. The van der Waals surface area contributed by atoms with Gasteiger partial charge in [-0.05, 0) is 74.8 Å². The van der Waals surface area contributed by atoms with Gasteiger partial charge >= 0.3 is 0 Å². The zero-order valence-corrected chi connectivity index (χ0v) is 25.0. The van der Waals surface area contributed by atoms with E-state index < -0.39 is 0 Å². The van der Waals surface area contributed by atoms with Crippen molar-refractivity contribution >= 4 is 37.2 Å². The molecule has 0 N–H and O–H groups in total. The Bertz CT molecular complexity index is 2290. The number of fused-ring (bicyclic) bond motifs is 3. The maximum atomic E-state index is 7.22. The number of benzene rings is 5. The molecule has 45 heavy (non-hydrogen) atoms. The Morgan fingerprint density at radius 2 is 0.933 bits per heavy atom. The van der Waals surface area contributed by atoms with Crippen LogP contribution in [-0.4, -0.2) is 9.97 Å². The third kappa shape index (κ3) is 4.96. The number of thiophene rings is 1. The topological polar surface area (TPSA) is 30.1 Å². The summed E-state index contributed by atoms with van der Waals surface area (Å²) >= 11 is 1.86. The summed E-state index contributed by atoms with van der Waals surface area (Å²) in [5, 5.41) is 2.53. The molecule has 0 atom stereocenters. The van der Waals surface area contributed by atoms with E-state index in [9.17, 15) is 0 Å². The van der Waals surface area contributed by atoms with Crippen LogP contribution >= 0.6 is 11.3 Å². The summed E-state index contributed by atoms with van der Waals surface area (Å²) in [4.78, 5) is 12.3. The lowest BCUT2D eigenvalue weighted by molar-refractivity contribution is 1.32. The lowest BCUT2D eigenvalue weighted by Gasteiger charge is -2.11. The molecule has 0 aliphatic carbocycles. The summed E-state index contributed by atoms with van der Waals surface area (Å²) in [7, 11) is 0. The summed E-state index contributed by atoms with van der Waals surface area (Å²) < 4.78 is 2.56. The van der Waals surface area contributed by atoms with Crippen LogP contribution in [0, 0.1) is 6.57 Å². The highest BCUT2D eigenvalue weighted by molar-refractivity contribution is 7.26. The third-order valence-corrected chi connectivity index (χ3v) is 9.57. The molecular weight excluding hydrogens is 567 g/mol. The average molecular weight is 592 g/mol. The predicted octanol–water partition coefficient (Wildman–Crippen LogP) is 11.7. The van der Waals surface area contributed by atoms with Crippen LogP contribution in [0.25, 0.3) is 80.7 Å². The molecule has 4 heteroatoms. The summed E-state index contributed by atoms with van der Waals surface area (Å²) in [5.41, 5.74) is 12.1. The second kappa shape index (κ2) is 11.3. The molecule has 8 aromatic rings. The SMILES string of the molecule is [C-]#[N+]c1ccc(-c2ccc(-c3cccc4c3sc3c(-c5cc(-c6cccnc6)cc(-c6cccnc6)c5)cccc34)cc2)cc1. The van der Waals surface area contributed by atoms with Crippen molar-refractivity contribution in [3.05, 3.63) is 164 Å². The lowest BCUT2D eigenvalue weighted by Crippen LogP contribution is -1.87. The Kier molecular flexibility index (Phi) is 6.72. The Balaban J connectivity index is 1.26. The zero-order chi connectivity index (χ0) is 30.2. The van der Waals surface area contributed by atoms with Crippen LogP contribution in [0.3, 0.4) is 0 Å². The van der Waals surface area contributed by atoms with E-state index in [4.69, 9.17) is 6.57 Å². The molecule has 0 spiro atoms. The van der Waals surface area contributed by atoms with Gasteiger partial charge in [-0.1, -0.05) is 97.1 Å². The van der Waals surface area contributed by atoms with Gasteiger partial charge in [-0.25, -0.2) is 4.85 Å². The fraction of sp³-hybridized carbons (Fsp3) is 0. The van der Waals surface area contributed by atoms with Crippen molar-refractivity contribution in [2.24, 2.45) is 0 Å². The van der Waals surface area contributed by atoms with Crippen LogP contribution in [0.1, 0.15) is 0 Å². The van der Waals surface area contributed by atoms with Gasteiger partial charge < -0.3 is 0 Å². The molecular formula is C41H25N3S. The minimum atomic E-state index is 0.656. The molecule has 3 aromatic heterocycles. The minimum Gasteiger partial charge on any atom is -0.264 e. The maximum absolute atomic E-state index is 7.22. The molecule has 3 heterocycles. The number of pyridine rings is 2. The van der Waals surface area contributed by atoms with Gasteiger partial charge in [0.25, 0.3) is 0 Å². The highest BCUT2D eigenvalue weighted by Gasteiger charge is 2.16. The molecule has 0 unspecified atom stereocenters. The van der Waals surface area contributed by atoms with Crippen molar-refractivity contribution in [2.45, 2.75) is 0 Å². The Morgan fingerprint density at radius 3 is 1.44 bits per heavy atom. The average Bonchev–Trinajstić information content (AvgIpc) is 3.52. The van der Waals surface area contributed by atoms with Gasteiger partial charge in [0, 0.05) is 56.1 Å². The normalized spacial score (nSPS) is 11.1. The molecule has 0 aliphatic rings. The molecule has 0 aliphatic heterocycles. The van der Waals surface area contributed by atoms with Crippen LogP contribution in [0.4, 0.5) is 5.69 Å². The smallest absolute Gasteiger partial charge is 0.187 e. The third-order valence-electron chi connectivity index (χ3n) is 8.28. The Hall–Kier alpha value is -5.89. The standard InChI is InChI=1S/C41H25N3S/c1-42-35-18-16-28(17-19-35)27-12-14-29(15-13-27)36-8-2-10-38-39-11-3-9-37(41(39)45-40(36)38)34-23-32(30-6-4-20-43-25-30)22-33(24-34)31-7-5-21-44-26-31/h2-26H. The highest BCUT2D eigenvalue weighted by Crippen LogP contribution is 2.45. The summed E-state index contributed by atoms with van der Waals surface area (Å²) in [6, 6.07) is 44.8. The van der Waals surface area contributed by atoms with Crippen LogP contribution in [-0.2, 0) is 0 Å². The molecule has 8 rings (SSSR count). The molecule has 3 nitrogen and oxygen atoms in total. The Labute approximate surface area is 265 Å². The summed E-state index contributed by atoms with van der Waals surface area (Å²) in [6.07, 6.45) is 7.47. The van der Waals surface area contributed by atoms with E-state index in [1.165, 1.54) is 42.4 Å². The number of nitrogens with zero attached hydrogens (tertiary/aromatic N) is 3. The van der Waals surface area contributed by atoms with Crippen molar-refractivity contribution in [1.82, 2.24) is 9.97 Å². The first-order chi connectivity index (χ1) is 22.2. The first-order valence-corrected chi connectivity index (χ1v) is 15.6. The van der Waals surface area contributed by atoms with E-state index in [0.717, 1.165) is 33.4 Å². The van der Waals surface area contributed by atoms with Gasteiger partial charge in [-0.15, -0.1) is 11.3 Å². The minimum absolute atomic E-state index is 0.656. The first-order valence-electron chi connectivity index (χ1n) is 14.7. The summed E-state index contributed by atoms with van der Waals surface area (Å²) in [6.45, 7) is 7.22. The van der Waals surface area contributed by atoms with E-state index in [-0.39, 0.29) is 0 Å². The van der Waals surface area contributed by atoms with Crippen LogP contribution in [0.15, 0.2) is 152 Å². The number of hydrogen-bond acceptors (Lipinski definition) is 3. The summed E-state index contributed by atoms with van der Waals surface area (Å²) in [5.74, 6) is 0. The van der Waals surface area contributed by atoms with Crippen molar-refractivity contribution in [1.29, 1.82) is 0 Å². The van der Waals surface area contributed by atoms with Gasteiger partial charge in [0.2, 0.25) is 0 Å². The molecule has 0 amide bonds. The molecule has 0 saturated heterocycles. The van der Waals surface area contributed by atoms with Crippen molar-refractivity contribution < 1.29 is 0 Å². The molecule has 0 fully saturated rings. The Morgan fingerprint density at radius 1 is 0.444 bits per heavy atom. The molecule has 5 aromatic carbocycles. The van der Waals surface area contributed by atoms with E-state index in [1.807, 2.05) is 72.5 Å². The lowest BCUT2D eigenvalue weighted by atomic mass is 9.93. The largest absolute Gasteiger partial charge is 0.264 e. The molecule has 210 valence electrons. The first kappa shape index (κ1) is 26.7. The van der Waals surface area contributed by atoms with Gasteiger partial charge in [0.05, 0.1) is 6.57 Å². The van der Waals surface area contributed by atoms with E-state index >= 15 is 0 Å². The van der Waals surface area contributed by atoms with Crippen molar-refractivity contribution in [3.63, 3.8) is 0 Å².